The maximum Gasteiger partial charge on any atom is 0.313 e. The molecule has 0 aliphatic carbocycles. The van der Waals surface area contributed by atoms with E-state index in [2.05, 4.69) is 5.32 Å². The number of thioether (sulfide) groups is 1. The minimum Gasteiger partial charge on any atom is -0.506 e. The summed E-state index contributed by atoms with van der Waals surface area (Å²) in [6.07, 6.45) is 0. The quantitative estimate of drug-likeness (QED) is 0.424. The summed E-state index contributed by atoms with van der Waals surface area (Å²) in [6, 6.07) is 13.8. The van der Waals surface area contributed by atoms with Gasteiger partial charge in [-0.2, -0.15) is 0 Å². The molecule has 3 rings (SSSR count). The minimum absolute atomic E-state index is 0.00933. The Morgan fingerprint density at radius 1 is 1.13 bits per heavy atom. The van der Waals surface area contributed by atoms with Crippen LogP contribution in [-0.2, 0) is 4.79 Å². The third kappa shape index (κ3) is 5.17. The number of ether oxygens (including phenoxy) is 1. The van der Waals surface area contributed by atoms with Gasteiger partial charge in [0.15, 0.2) is 0 Å². The van der Waals surface area contributed by atoms with E-state index in [-0.39, 0.29) is 23.7 Å². The molecular weight excluding hydrogens is 426 g/mol. The number of aromatic hydroxyl groups is 1. The van der Waals surface area contributed by atoms with Crippen LogP contribution in [0, 0.1) is 6.92 Å². The number of carbonyl (C=O) groups is 2. The first-order chi connectivity index (χ1) is 14.4. The smallest absolute Gasteiger partial charge is 0.313 e. The Labute approximate surface area is 182 Å². The molecule has 0 heterocycles. The van der Waals surface area contributed by atoms with Crippen LogP contribution < -0.4 is 10.1 Å². The second-order valence-corrected chi connectivity index (χ2v) is 8.06. The zero-order chi connectivity index (χ0) is 21.7. The number of carboxylic acid groups (broad SMARTS) is 1. The first-order valence-corrected chi connectivity index (χ1v) is 10.6. The molecular formula is C22H20ClNO5S. The number of halogens is 1. The average molecular weight is 446 g/mol. The number of carboxylic acids is 1. The molecule has 0 fully saturated rings. The number of carbonyl (C=O) groups excluding carboxylic acids is 1. The number of aliphatic carboxylic acids is 1. The monoisotopic (exact) mass is 445 g/mol. The normalized spacial score (nSPS) is 10.7. The van der Waals surface area contributed by atoms with Crippen molar-refractivity contribution >= 4 is 51.7 Å². The van der Waals surface area contributed by atoms with Gasteiger partial charge in [-0.3, -0.25) is 9.59 Å². The molecule has 3 aromatic rings. The van der Waals surface area contributed by atoms with E-state index in [4.69, 9.17) is 21.4 Å². The third-order valence-electron chi connectivity index (χ3n) is 4.30. The van der Waals surface area contributed by atoms with Crippen LogP contribution in [0.4, 0.5) is 5.69 Å². The van der Waals surface area contributed by atoms with Crippen molar-refractivity contribution in [3.8, 4) is 11.5 Å². The van der Waals surface area contributed by atoms with Crippen LogP contribution in [-0.4, -0.2) is 40.2 Å². The molecule has 156 valence electrons. The van der Waals surface area contributed by atoms with Crippen molar-refractivity contribution in [3.05, 3.63) is 64.7 Å². The zero-order valence-corrected chi connectivity index (χ0v) is 17.7. The standard InChI is InChI=1S/C22H20ClNO5S/c1-13-6-7-17(23)18(10-13)24-22(28)16-11-19(29-8-9-30-12-20(25)26)14-4-2-3-5-15(14)21(16)27/h2-7,10-11,27H,8-9,12H2,1H3,(H,24,28)(H,25,26). The summed E-state index contributed by atoms with van der Waals surface area (Å²) in [5.41, 5.74) is 1.43. The Hall–Kier alpha value is -2.90. The highest BCUT2D eigenvalue weighted by Gasteiger charge is 2.19. The molecule has 0 saturated heterocycles. The number of aryl methyl sites for hydroxylation is 1. The molecule has 3 N–H and O–H groups in total. The largest absolute Gasteiger partial charge is 0.506 e. The lowest BCUT2D eigenvalue weighted by Crippen LogP contribution is -2.13. The highest BCUT2D eigenvalue weighted by Crippen LogP contribution is 2.37. The number of rotatable bonds is 8. The molecule has 0 radical (unpaired) electrons. The number of amides is 1. The van der Waals surface area contributed by atoms with E-state index >= 15 is 0 Å². The fourth-order valence-corrected chi connectivity index (χ4v) is 3.60. The molecule has 0 spiro atoms. The fourth-order valence-electron chi connectivity index (χ4n) is 2.91. The highest BCUT2D eigenvalue weighted by molar-refractivity contribution is 7.99. The maximum absolute atomic E-state index is 12.9. The molecule has 0 saturated carbocycles. The number of phenolic OH excluding ortho intramolecular Hbond substituents is 1. The van der Waals surface area contributed by atoms with Crippen molar-refractivity contribution in [1.29, 1.82) is 0 Å². The number of fused-ring (bicyclic) bond motifs is 1. The predicted octanol–water partition coefficient (Wildman–Crippen LogP) is 4.96. The van der Waals surface area contributed by atoms with Crippen LogP contribution in [0.25, 0.3) is 10.8 Å². The summed E-state index contributed by atoms with van der Waals surface area (Å²) in [5, 5.41) is 23.7. The van der Waals surface area contributed by atoms with Gasteiger partial charge in [-0.1, -0.05) is 41.9 Å². The van der Waals surface area contributed by atoms with Gasteiger partial charge >= 0.3 is 5.97 Å². The van der Waals surface area contributed by atoms with Gasteiger partial charge in [-0.15, -0.1) is 11.8 Å². The first kappa shape index (κ1) is 21.8. The number of hydrogen-bond acceptors (Lipinski definition) is 5. The minimum atomic E-state index is -0.885. The van der Waals surface area contributed by atoms with E-state index in [0.717, 1.165) is 5.56 Å². The molecule has 0 aliphatic heterocycles. The van der Waals surface area contributed by atoms with E-state index in [1.807, 2.05) is 13.0 Å². The average Bonchev–Trinajstić information content (AvgIpc) is 2.71. The van der Waals surface area contributed by atoms with Gasteiger partial charge in [0.05, 0.1) is 28.6 Å². The lowest BCUT2D eigenvalue weighted by molar-refractivity contribution is -0.133. The molecule has 8 heteroatoms. The summed E-state index contributed by atoms with van der Waals surface area (Å²) < 4.78 is 5.81. The Morgan fingerprint density at radius 2 is 1.87 bits per heavy atom. The van der Waals surface area contributed by atoms with Crippen LogP contribution in [0.5, 0.6) is 11.5 Å². The third-order valence-corrected chi connectivity index (χ3v) is 5.54. The molecule has 1 amide bonds. The highest BCUT2D eigenvalue weighted by atomic mass is 35.5. The lowest BCUT2D eigenvalue weighted by atomic mass is 10.0. The number of hydrogen-bond donors (Lipinski definition) is 3. The molecule has 0 atom stereocenters. The Bertz CT molecular complexity index is 1100. The van der Waals surface area contributed by atoms with Crippen molar-refractivity contribution in [2.45, 2.75) is 6.92 Å². The van der Waals surface area contributed by atoms with Crippen molar-refractivity contribution in [2.24, 2.45) is 0 Å². The van der Waals surface area contributed by atoms with Crippen LogP contribution in [0.3, 0.4) is 0 Å². The van der Waals surface area contributed by atoms with Gasteiger partial charge < -0.3 is 20.3 Å². The molecule has 0 bridgehead atoms. The predicted molar refractivity (Wildman–Crippen MR) is 120 cm³/mol. The lowest BCUT2D eigenvalue weighted by Gasteiger charge is -2.15. The first-order valence-electron chi connectivity index (χ1n) is 9.11. The Balaban J connectivity index is 1.88. The summed E-state index contributed by atoms with van der Waals surface area (Å²) >= 11 is 7.40. The van der Waals surface area contributed by atoms with E-state index in [9.17, 15) is 14.7 Å². The van der Waals surface area contributed by atoms with E-state index in [1.54, 1.807) is 36.4 Å². The summed E-state index contributed by atoms with van der Waals surface area (Å²) in [6.45, 7) is 2.14. The van der Waals surface area contributed by atoms with E-state index in [1.165, 1.54) is 17.8 Å². The van der Waals surface area contributed by atoms with Crippen molar-refractivity contribution in [3.63, 3.8) is 0 Å². The molecule has 6 nitrogen and oxygen atoms in total. The topological polar surface area (TPSA) is 95.9 Å². The molecule has 30 heavy (non-hydrogen) atoms. The Kier molecular flexibility index (Phi) is 7.07. The second kappa shape index (κ2) is 9.73. The summed E-state index contributed by atoms with van der Waals surface area (Å²) in [4.78, 5) is 23.5. The maximum atomic E-state index is 12.9. The van der Waals surface area contributed by atoms with E-state index in [0.29, 0.717) is 33.0 Å². The van der Waals surface area contributed by atoms with Crippen LogP contribution in [0.2, 0.25) is 5.02 Å². The van der Waals surface area contributed by atoms with Crippen LogP contribution in [0.15, 0.2) is 48.5 Å². The summed E-state index contributed by atoms with van der Waals surface area (Å²) in [5.74, 6) is -0.661. The van der Waals surface area contributed by atoms with Gasteiger partial charge in [0, 0.05) is 16.5 Å². The molecule has 0 aliphatic rings. The summed E-state index contributed by atoms with van der Waals surface area (Å²) in [7, 11) is 0. The van der Waals surface area contributed by atoms with Gasteiger partial charge in [0.2, 0.25) is 0 Å². The second-order valence-electron chi connectivity index (χ2n) is 6.55. The SMILES string of the molecule is Cc1ccc(Cl)c(NC(=O)c2cc(OCCSCC(=O)O)c3ccccc3c2O)c1. The zero-order valence-electron chi connectivity index (χ0n) is 16.1. The number of nitrogens with one attached hydrogen (secondary N) is 1. The van der Waals surface area contributed by atoms with Crippen LogP contribution in [0.1, 0.15) is 15.9 Å². The van der Waals surface area contributed by atoms with Crippen molar-refractivity contribution in [1.82, 2.24) is 0 Å². The van der Waals surface area contributed by atoms with Crippen LogP contribution >= 0.6 is 23.4 Å². The number of benzene rings is 3. The molecule has 0 unspecified atom stereocenters. The van der Waals surface area contributed by atoms with E-state index < -0.39 is 11.9 Å². The van der Waals surface area contributed by atoms with Gasteiger partial charge in [-0.05, 0) is 30.7 Å². The van der Waals surface area contributed by atoms with Gasteiger partial charge in [-0.25, -0.2) is 0 Å². The van der Waals surface area contributed by atoms with Crippen molar-refractivity contribution < 1.29 is 24.5 Å². The van der Waals surface area contributed by atoms with Gasteiger partial charge in [0.25, 0.3) is 5.91 Å². The van der Waals surface area contributed by atoms with Gasteiger partial charge in [0.1, 0.15) is 11.5 Å². The van der Waals surface area contributed by atoms with Crippen molar-refractivity contribution in [2.75, 3.05) is 23.4 Å². The molecule has 0 aromatic heterocycles. The fraction of sp³-hybridized carbons (Fsp3) is 0.182. The number of anilines is 1. The molecule has 3 aromatic carbocycles. The Morgan fingerprint density at radius 3 is 2.60 bits per heavy atom. The number of phenols is 1.